The van der Waals surface area contributed by atoms with Gasteiger partial charge in [-0.25, -0.2) is 4.79 Å². The molecular formula is C10H16N4O4. The van der Waals surface area contributed by atoms with Gasteiger partial charge >= 0.3 is 12.0 Å². The van der Waals surface area contributed by atoms with Crippen molar-refractivity contribution >= 4 is 17.7 Å². The zero-order valence-electron chi connectivity index (χ0n) is 10.2. The van der Waals surface area contributed by atoms with Crippen LogP contribution in [0, 0.1) is 0 Å². The first kappa shape index (κ1) is 14.0. The van der Waals surface area contributed by atoms with Crippen molar-refractivity contribution in [3.63, 3.8) is 0 Å². The number of carboxylic acid groups (broad SMARTS) is 1. The number of nitrogens with one attached hydrogen (secondary N) is 2. The van der Waals surface area contributed by atoms with Crippen molar-refractivity contribution in [3.8, 4) is 0 Å². The Morgan fingerprint density at radius 2 is 2.33 bits per heavy atom. The maximum absolute atomic E-state index is 11.5. The van der Waals surface area contributed by atoms with Crippen molar-refractivity contribution in [2.24, 2.45) is 0 Å². The number of aromatic nitrogens is 2. The van der Waals surface area contributed by atoms with E-state index >= 15 is 0 Å². The molecule has 0 saturated carbocycles. The lowest BCUT2D eigenvalue weighted by Crippen LogP contribution is -2.38. The van der Waals surface area contributed by atoms with Crippen LogP contribution in [0.15, 0.2) is 12.4 Å². The van der Waals surface area contributed by atoms with Crippen LogP contribution in [0.2, 0.25) is 0 Å². The number of amides is 2. The fourth-order valence-electron chi connectivity index (χ4n) is 1.34. The second-order valence-corrected chi connectivity index (χ2v) is 3.78. The highest BCUT2D eigenvalue weighted by Gasteiger charge is 2.08. The first-order valence-electron chi connectivity index (χ1n) is 5.32. The fourth-order valence-corrected chi connectivity index (χ4v) is 1.34. The van der Waals surface area contributed by atoms with E-state index in [2.05, 4.69) is 15.7 Å². The Morgan fingerprint density at radius 1 is 1.61 bits per heavy atom. The number of aliphatic carboxylic acids is 1. The first-order chi connectivity index (χ1) is 8.51. The molecule has 0 aliphatic carbocycles. The Bertz CT molecular complexity index is 418. The second kappa shape index (κ2) is 6.60. The SMILES string of the molecule is COCC(C)NC(=O)Nc1cnn(CC(=O)O)c1. The summed E-state index contributed by atoms with van der Waals surface area (Å²) in [5, 5.41) is 17.5. The number of anilines is 1. The van der Waals surface area contributed by atoms with Gasteiger partial charge in [-0.05, 0) is 6.92 Å². The van der Waals surface area contributed by atoms with E-state index in [4.69, 9.17) is 9.84 Å². The monoisotopic (exact) mass is 256 g/mol. The van der Waals surface area contributed by atoms with Crippen molar-refractivity contribution < 1.29 is 19.4 Å². The molecule has 0 saturated heterocycles. The van der Waals surface area contributed by atoms with Gasteiger partial charge < -0.3 is 20.5 Å². The predicted molar refractivity (Wildman–Crippen MR) is 63.4 cm³/mol. The molecule has 0 bridgehead atoms. The maximum Gasteiger partial charge on any atom is 0.325 e. The lowest BCUT2D eigenvalue weighted by atomic mass is 10.4. The summed E-state index contributed by atoms with van der Waals surface area (Å²) in [7, 11) is 1.55. The van der Waals surface area contributed by atoms with Crippen LogP contribution in [0.1, 0.15) is 6.92 Å². The highest BCUT2D eigenvalue weighted by atomic mass is 16.5. The number of carboxylic acids is 1. The summed E-state index contributed by atoms with van der Waals surface area (Å²) in [6.07, 6.45) is 2.82. The Kier molecular flexibility index (Phi) is 5.12. The van der Waals surface area contributed by atoms with E-state index in [1.165, 1.54) is 17.1 Å². The molecule has 1 rings (SSSR count). The molecule has 0 aliphatic rings. The van der Waals surface area contributed by atoms with E-state index in [0.29, 0.717) is 12.3 Å². The van der Waals surface area contributed by atoms with Gasteiger partial charge in [0.15, 0.2) is 0 Å². The number of carbonyl (C=O) groups is 2. The van der Waals surface area contributed by atoms with Crippen molar-refractivity contribution in [1.29, 1.82) is 0 Å². The number of rotatable bonds is 6. The molecule has 2 amide bonds. The summed E-state index contributed by atoms with van der Waals surface area (Å²) in [6, 6.07) is -0.515. The first-order valence-corrected chi connectivity index (χ1v) is 5.32. The topological polar surface area (TPSA) is 105 Å². The Morgan fingerprint density at radius 3 is 2.94 bits per heavy atom. The van der Waals surface area contributed by atoms with Crippen LogP contribution in [0.4, 0.5) is 10.5 Å². The molecule has 1 heterocycles. The zero-order valence-corrected chi connectivity index (χ0v) is 10.2. The minimum atomic E-state index is -0.997. The highest BCUT2D eigenvalue weighted by molar-refractivity contribution is 5.89. The number of urea groups is 1. The number of hydrogen-bond acceptors (Lipinski definition) is 4. The van der Waals surface area contributed by atoms with Gasteiger partial charge in [0.1, 0.15) is 6.54 Å². The van der Waals surface area contributed by atoms with Gasteiger partial charge in [-0.1, -0.05) is 0 Å². The van der Waals surface area contributed by atoms with Crippen LogP contribution < -0.4 is 10.6 Å². The van der Waals surface area contributed by atoms with Crippen molar-refractivity contribution in [2.75, 3.05) is 19.0 Å². The summed E-state index contributed by atoms with van der Waals surface area (Å²) in [6.45, 7) is 1.96. The molecule has 100 valence electrons. The smallest absolute Gasteiger partial charge is 0.325 e. The van der Waals surface area contributed by atoms with Gasteiger partial charge in [-0.15, -0.1) is 0 Å². The van der Waals surface area contributed by atoms with Crippen LogP contribution in [0.25, 0.3) is 0 Å². The molecule has 8 nitrogen and oxygen atoms in total. The van der Waals surface area contributed by atoms with Crippen molar-refractivity contribution in [3.05, 3.63) is 12.4 Å². The molecule has 0 aliphatic heterocycles. The van der Waals surface area contributed by atoms with Gasteiger partial charge in [0.05, 0.1) is 24.5 Å². The molecule has 3 N–H and O–H groups in total. The summed E-state index contributed by atoms with van der Waals surface area (Å²) in [5.41, 5.74) is 0.429. The van der Waals surface area contributed by atoms with Crippen LogP contribution in [0.3, 0.4) is 0 Å². The third-order valence-electron chi connectivity index (χ3n) is 1.98. The molecule has 0 spiro atoms. The van der Waals surface area contributed by atoms with E-state index in [1.807, 2.05) is 0 Å². The van der Waals surface area contributed by atoms with Gasteiger partial charge in [0.25, 0.3) is 0 Å². The second-order valence-electron chi connectivity index (χ2n) is 3.78. The molecule has 1 aromatic heterocycles. The van der Waals surface area contributed by atoms with Crippen molar-refractivity contribution in [2.45, 2.75) is 19.5 Å². The lowest BCUT2D eigenvalue weighted by Gasteiger charge is -2.12. The third kappa shape index (κ3) is 4.83. The number of nitrogens with zero attached hydrogens (tertiary/aromatic N) is 2. The van der Waals surface area contributed by atoms with Crippen LogP contribution >= 0.6 is 0 Å². The summed E-state index contributed by atoms with van der Waals surface area (Å²) in [4.78, 5) is 21.9. The van der Waals surface area contributed by atoms with Crippen molar-refractivity contribution in [1.82, 2.24) is 15.1 Å². The normalized spacial score (nSPS) is 11.9. The van der Waals surface area contributed by atoms with Gasteiger partial charge in [-0.3, -0.25) is 9.48 Å². The van der Waals surface area contributed by atoms with Crippen LogP contribution in [-0.2, 0) is 16.1 Å². The van der Waals surface area contributed by atoms with Crippen LogP contribution in [0.5, 0.6) is 0 Å². The molecule has 0 fully saturated rings. The maximum atomic E-state index is 11.5. The third-order valence-corrected chi connectivity index (χ3v) is 1.98. The zero-order chi connectivity index (χ0) is 13.5. The minimum Gasteiger partial charge on any atom is -0.480 e. The molecule has 0 radical (unpaired) electrons. The number of carbonyl (C=O) groups excluding carboxylic acids is 1. The van der Waals surface area contributed by atoms with E-state index in [-0.39, 0.29) is 12.6 Å². The van der Waals surface area contributed by atoms with Crippen LogP contribution in [-0.4, -0.2) is 46.6 Å². The molecule has 8 heteroatoms. The Labute approximate surface area is 104 Å². The van der Waals surface area contributed by atoms with Gasteiger partial charge in [0, 0.05) is 13.3 Å². The van der Waals surface area contributed by atoms with Gasteiger partial charge in [0.2, 0.25) is 0 Å². The summed E-state index contributed by atoms with van der Waals surface area (Å²) >= 11 is 0. The van der Waals surface area contributed by atoms with E-state index in [1.54, 1.807) is 14.0 Å². The highest BCUT2D eigenvalue weighted by Crippen LogP contribution is 2.04. The molecule has 1 atom stereocenters. The quantitative estimate of drug-likeness (QED) is 0.670. The fraction of sp³-hybridized carbons (Fsp3) is 0.500. The summed E-state index contributed by atoms with van der Waals surface area (Å²) < 4.78 is 6.10. The predicted octanol–water partition coefficient (Wildman–Crippen LogP) is 0.124. The largest absolute Gasteiger partial charge is 0.480 e. The molecule has 1 aromatic rings. The lowest BCUT2D eigenvalue weighted by molar-refractivity contribution is -0.137. The Hall–Kier alpha value is -2.09. The number of ether oxygens (including phenoxy) is 1. The Balaban J connectivity index is 2.44. The summed E-state index contributed by atoms with van der Waals surface area (Å²) in [5.74, 6) is -0.997. The van der Waals surface area contributed by atoms with E-state index < -0.39 is 12.0 Å². The number of hydrogen-bond donors (Lipinski definition) is 3. The molecule has 1 unspecified atom stereocenters. The van der Waals surface area contributed by atoms with E-state index in [9.17, 15) is 9.59 Å². The average molecular weight is 256 g/mol. The van der Waals surface area contributed by atoms with Gasteiger partial charge in [-0.2, -0.15) is 5.10 Å². The molecule has 18 heavy (non-hydrogen) atoms. The molecular weight excluding hydrogens is 240 g/mol. The number of methoxy groups -OCH3 is 1. The van der Waals surface area contributed by atoms with E-state index in [0.717, 1.165) is 0 Å². The minimum absolute atomic E-state index is 0.121. The standard InChI is InChI=1S/C10H16N4O4/c1-7(6-18-2)12-10(17)13-8-3-11-14(4-8)5-9(15)16/h3-4,7H,5-6H2,1-2H3,(H,15,16)(H2,12,13,17). The average Bonchev–Trinajstić information content (AvgIpc) is 2.64. The molecule has 0 aromatic carbocycles.